The third-order valence-corrected chi connectivity index (χ3v) is 3.29. The molecule has 0 radical (unpaired) electrons. The Morgan fingerprint density at radius 1 is 1.33 bits per heavy atom. The van der Waals surface area contributed by atoms with Crippen LogP contribution in [0, 0.1) is 0 Å². The predicted octanol–water partition coefficient (Wildman–Crippen LogP) is 2.82. The van der Waals surface area contributed by atoms with E-state index < -0.39 is 0 Å². The molecule has 1 aliphatic heterocycles. The van der Waals surface area contributed by atoms with Crippen LogP contribution in [0.2, 0.25) is 0 Å². The summed E-state index contributed by atoms with van der Waals surface area (Å²) >= 11 is 2.90. The van der Waals surface area contributed by atoms with Crippen LogP contribution in [0.3, 0.4) is 0 Å². The van der Waals surface area contributed by atoms with Crippen LogP contribution in [-0.4, -0.2) is 24.0 Å². The van der Waals surface area contributed by atoms with Crippen LogP contribution < -0.4 is 0 Å². The van der Waals surface area contributed by atoms with Crippen LogP contribution in [0.15, 0.2) is 10.3 Å². The van der Waals surface area contributed by atoms with Crippen molar-refractivity contribution in [1.29, 1.82) is 0 Å². The molecular formula is C9H13BrFN. The molecule has 2 rings (SSSR count). The minimum absolute atomic E-state index is 0.127. The van der Waals surface area contributed by atoms with E-state index in [1.807, 2.05) is 0 Å². The molecule has 0 unspecified atom stereocenters. The van der Waals surface area contributed by atoms with Crippen LogP contribution in [0.4, 0.5) is 4.39 Å². The van der Waals surface area contributed by atoms with Crippen molar-refractivity contribution in [2.75, 3.05) is 13.1 Å². The second-order valence-corrected chi connectivity index (χ2v) is 4.33. The molecule has 2 fully saturated rings. The fourth-order valence-electron chi connectivity index (χ4n) is 1.79. The molecule has 2 aliphatic rings. The first kappa shape index (κ1) is 8.70. The number of hydrogen-bond acceptors (Lipinski definition) is 1. The van der Waals surface area contributed by atoms with E-state index >= 15 is 0 Å². The van der Waals surface area contributed by atoms with Crippen molar-refractivity contribution >= 4 is 15.9 Å². The third-order valence-electron chi connectivity index (χ3n) is 2.73. The van der Waals surface area contributed by atoms with Gasteiger partial charge in [-0.2, -0.15) is 4.39 Å². The highest BCUT2D eigenvalue weighted by Gasteiger charge is 2.30. The van der Waals surface area contributed by atoms with E-state index in [1.54, 1.807) is 0 Å². The zero-order valence-electron chi connectivity index (χ0n) is 7.02. The molecule has 12 heavy (non-hydrogen) atoms. The van der Waals surface area contributed by atoms with E-state index in [2.05, 4.69) is 20.8 Å². The molecule has 0 aromatic rings. The molecular weight excluding hydrogens is 221 g/mol. The lowest BCUT2D eigenvalue weighted by atomic mass is 10.1. The summed E-state index contributed by atoms with van der Waals surface area (Å²) in [6.45, 7) is 2.11. The standard InChI is InChI=1S/C9H13BrFN/c10-9(11)7-3-5-12(6-4-7)8-1-2-8/h8H,1-6H2. The molecule has 0 aromatic heterocycles. The first-order valence-electron chi connectivity index (χ1n) is 4.54. The zero-order chi connectivity index (χ0) is 8.55. The average Bonchev–Trinajstić information content (AvgIpc) is 2.87. The Labute approximate surface area is 80.8 Å². The fraction of sp³-hybridized carbons (Fsp3) is 0.778. The van der Waals surface area contributed by atoms with Gasteiger partial charge in [-0.1, -0.05) is 0 Å². The first-order valence-corrected chi connectivity index (χ1v) is 5.34. The van der Waals surface area contributed by atoms with Crippen molar-refractivity contribution in [1.82, 2.24) is 4.90 Å². The van der Waals surface area contributed by atoms with Crippen molar-refractivity contribution < 1.29 is 4.39 Å². The molecule has 1 heterocycles. The van der Waals surface area contributed by atoms with Crippen LogP contribution >= 0.6 is 15.9 Å². The molecule has 0 bridgehead atoms. The SMILES string of the molecule is FC(Br)=C1CCN(C2CC2)CC1. The Bertz CT molecular complexity index is 197. The van der Waals surface area contributed by atoms with Gasteiger partial charge in [0, 0.05) is 19.1 Å². The van der Waals surface area contributed by atoms with Crippen molar-refractivity contribution in [3.63, 3.8) is 0 Å². The Balaban J connectivity index is 1.88. The van der Waals surface area contributed by atoms with Gasteiger partial charge in [-0.05, 0) is 47.2 Å². The third kappa shape index (κ3) is 1.88. The Morgan fingerprint density at radius 2 is 1.92 bits per heavy atom. The minimum atomic E-state index is -0.127. The molecule has 0 N–H and O–H groups in total. The molecule has 1 saturated heterocycles. The number of halogens is 2. The summed E-state index contributed by atoms with van der Waals surface area (Å²) < 4.78 is 12.6. The smallest absolute Gasteiger partial charge is 0.164 e. The highest BCUT2D eigenvalue weighted by atomic mass is 79.9. The summed E-state index contributed by atoms with van der Waals surface area (Å²) in [6.07, 6.45) is 4.53. The van der Waals surface area contributed by atoms with E-state index in [4.69, 9.17) is 0 Å². The predicted molar refractivity (Wildman–Crippen MR) is 50.9 cm³/mol. The van der Waals surface area contributed by atoms with E-state index in [1.165, 1.54) is 12.8 Å². The molecule has 0 aromatic carbocycles. The molecule has 68 valence electrons. The quantitative estimate of drug-likeness (QED) is 0.674. The lowest BCUT2D eigenvalue weighted by Crippen LogP contribution is -2.32. The molecule has 3 heteroatoms. The normalized spacial score (nSPS) is 26.0. The van der Waals surface area contributed by atoms with E-state index in [-0.39, 0.29) is 4.74 Å². The van der Waals surface area contributed by atoms with Crippen molar-refractivity contribution in [2.45, 2.75) is 31.7 Å². The fourth-order valence-corrected chi connectivity index (χ4v) is 2.18. The first-order chi connectivity index (χ1) is 5.77. The Hall–Kier alpha value is 0.110. The summed E-state index contributed by atoms with van der Waals surface area (Å²) in [5.74, 6) is 0. The Morgan fingerprint density at radius 3 is 2.33 bits per heavy atom. The summed E-state index contributed by atoms with van der Waals surface area (Å²) in [5, 5.41) is 0. The Kier molecular flexibility index (Phi) is 2.51. The largest absolute Gasteiger partial charge is 0.300 e. The van der Waals surface area contributed by atoms with E-state index in [0.717, 1.165) is 37.5 Å². The van der Waals surface area contributed by atoms with Gasteiger partial charge >= 0.3 is 0 Å². The number of rotatable bonds is 1. The van der Waals surface area contributed by atoms with E-state index in [9.17, 15) is 4.39 Å². The van der Waals surface area contributed by atoms with Crippen LogP contribution in [0.1, 0.15) is 25.7 Å². The molecule has 1 saturated carbocycles. The van der Waals surface area contributed by atoms with Crippen molar-refractivity contribution in [3.05, 3.63) is 10.3 Å². The van der Waals surface area contributed by atoms with Gasteiger partial charge in [0.15, 0.2) is 4.74 Å². The summed E-state index contributed by atoms with van der Waals surface area (Å²) in [7, 11) is 0. The molecule has 0 amide bonds. The maximum absolute atomic E-state index is 12.7. The minimum Gasteiger partial charge on any atom is -0.300 e. The van der Waals surface area contributed by atoms with Crippen LogP contribution in [0.5, 0.6) is 0 Å². The van der Waals surface area contributed by atoms with Crippen LogP contribution in [0.25, 0.3) is 0 Å². The maximum Gasteiger partial charge on any atom is 0.164 e. The average molecular weight is 234 g/mol. The lowest BCUT2D eigenvalue weighted by Gasteiger charge is -2.27. The van der Waals surface area contributed by atoms with Gasteiger partial charge in [0.1, 0.15) is 0 Å². The van der Waals surface area contributed by atoms with Gasteiger partial charge < -0.3 is 0 Å². The van der Waals surface area contributed by atoms with Crippen molar-refractivity contribution in [2.24, 2.45) is 0 Å². The van der Waals surface area contributed by atoms with Gasteiger partial charge in [-0.3, -0.25) is 4.90 Å². The van der Waals surface area contributed by atoms with Crippen LogP contribution in [-0.2, 0) is 0 Å². The number of piperidine rings is 1. The number of likely N-dealkylation sites (tertiary alicyclic amines) is 1. The van der Waals surface area contributed by atoms with Gasteiger partial charge in [0.05, 0.1) is 0 Å². The second kappa shape index (κ2) is 3.46. The van der Waals surface area contributed by atoms with Gasteiger partial charge in [-0.25, -0.2) is 0 Å². The highest BCUT2D eigenvalue weighted by molar-refractivity contribution is 9.11. The van der Waals surface area contributed by atoms with Gasteiger partial charge in [0.2, 0.25) is 0 Å². The van der Waals surface area contributed by atoms with E-state index in [0.29, 0.717) is 0 Å². The molecule has 1 aliphatic carbocycles. The van der Waals surface area contributed by atoms with Crippen molar-refractivity contribution in [3.8, 4) is 0 Å². The molecule has 0 spiro atoms. The maximum atomic E-state index is 12.7. The van der Waals surface area contributed by atoms with Gasteiger partial charge in [0.25, 0.3) is 0 Å². The lowest BCUT2D eigenvalue weighted by molar-refractivity contribution is 0.245. The summed E-state index contributed by atoms with van der Waals surface area (Å²) in [5.41, 5.74) is 0.965. The highest BCUT2D eigenvalue weighted by Crippen LogP contribution is 2.32. The zero-order valence-corrected chi connectivity index (χ0v) is 8.61. The monoisotopic (exact) mass is 233 g/mol. The number of hydrogen-bond donors (Lipinski definition) is 0. The van der Waals surface area contributed by atoms with Gasteiger partial charge in [-0.15, -0.1) is 0 Å². The molecule has 0 atom stereocenters. The topological polar surface area (TPSA) is 3.24 Å². The number of nitrogens with zero attached hydrogens (tertiary/aromatic N) is 1. The summed E-state index contributed by atoms with van der Waals surface area (Å²) in [4.78, 5) is 2.49. The molecule has 1 nitrogen and oxygen atoms in total. The summed E-state index contributed by atoms with van der Waals surface area (Å²) in [6, 6.07) is 0.838. The second-order valence-electron chi connectivity index (χ2n) is 3.63.